The van der Waals surface area contributed by atoms with Crippen molar-refractivity contribution in [3.63, 3.8) is 0 Å². The number of rotatable bonds is 8. The third-order valence-corrected chi connectivity index (χ3v) is 4.58. The summed E-state index contributed by atoms with van der Waals surface area (Å²) in [6.07, 6.45) is 0. The van der Waals surface area contributed by atoms with Crippen molar-refractivity contribution in [3.05, 3.63) is 71.8 Å². The molecule has 0 aliphatic carbocycles. The maximum atomic E-state index is 12.3. The second-order valence-corrected chi connectivity index (χ2v) is 6.45. The Bertz CT molecular complexity index is 1110. The lowest BCUT2D eigenvalue weighted by Crippen LogP contribution is -2.18. The predicted octanol–water partition coefficient (Wildman–Crippen LogP) is 4.08. The molecule has 0 atom stereocenters. The molecule has 3 aromatic rings. The normalized spacial score (nSPS) is 10.2. The first-order chi connectivity index (χ1) is 15.0. The van der Waals surface area contributed by atoms with Crippen molar-refractivity contribution in [2.24, 2.45) is 5.73 Å². The van der Waals surface area contributed by atoms with Gasteiger partial charge in [0.05, 0.1) is 55.2 Å². The van der Waals surface area contributed by atoms with Gasteiger partial charge in [-0.15, -0.1) is 0 Å². The Hall–Kier alpha value is -4.20. The van der Waals surface area contributed by atoms with E-state index in [9.17, 15) is 9.59 Å². The number of hydrogen-bond donors (Lipinski definition) is 3. The Morgan fingerprint density at radius 1 is 0.710 bits per heavy atom. The number of benzene rings is 3. The zero-order chi connectivity index (χ0) is 22.4. The number of nitrogens with one attached hydrogen (secondary N) is 2. The van der Waals surface area contributed by atoms with Gasteiger partial charge in [0.1, 0.15) is 11.5 Å². The fraction of sp³-hybridized carbons (Fsp3) is 0.130. The second kappa shape index (κ2) is 9.53. The number of amides is 1. The molecule has 0 fully saturated rings. The quantitative estimate of drug-likeness (QED) is 0.470. The number of carbonyl (C=O) groups excluding carboxylic acids is 2. The summed E-state index contributed by atoms with van der Waals surface area (Å²) in [5.74, 6) is -0.235. The fourth-order valence-corrected chi connectivity index (χ4v) is 3.08. The Balaban J connectivity index is 2.17. The minimum absolute atomic E-state index is 0.0230. The first-order valence-electron chi connectivity index (χ1n) is 9.34. The molecule has 0 aromatic heterocycles. The Labute approximate surface area is 179 Å². The number of primary amides is 1. The SMILES string of the molecule is COC(=O)c1cc(Nc2ccccc2OC)c(Nc2ccccc2OC)cc1C(N)=O. The third kappa shape index (κ3) is 4.69. The van der Waals surface area contributed by atoms with E-state index in [1.807, 2.05) is 36.4 Å². The van der Waals surface area contributed by atoms with Crippen LogP contribution >= 0.6 is 0 Å². The van der Waals surface area contributed by atoms with Crippen molar-refractivity contribution >= 4 is 34.6 Å². The van der Waals surface area contributed by atoms with Crippen LogP contribution in [0.25, 0.3) is 0 Å². The summed E-state index contributed by atoms with van der Waals surface area (Å²) in [6, 6.07) is 17.6. The molecular formula is C23H23N3O5. The number of anilines is 4. The molecule has 0 heterocycles. The largest absolute Gasteiger partial charge is 0.495 e. The van der Waals surface area contributed by atoms with Crippen LogP contribution in [0.2, 0.25) is 0 Å². The summed E-state index contributed by atoms with van der Waals surface area (Å²) in [4.78, 5) is 24.4. The molecule has 0 aliphatic rings. The van der Waals surface area contributed by atoms with E-state index in [0.717, 1.165) is 0 Å². The molecule has 8 heteroatoms. The van der Waals surface area contributed by atoms with Crippen molar-refractivity contribution in [2.45, 2.75) is 0 Å². The van der Waals surface area contributed by atoms with Gasteiger partial charge in [-0.25, -0.2) is 4.79 Å². The lowest BCUT2D eigenvalue weighted by molar-refractivity contribution is 0.0597. The summed E-state index contributed by atoms with van der Waals surface area (Å²) in [5, 5.41) is 6.49. The lowest BCUT2D eigenvalue weighted by Gasteiger charge is -2.19. The highest BCUT2D eigenvalue weighted by Gasteiger charge is 2.21. The fourth-order valence-electron chi connectivity index (χ4n) is 3.08. The molecule has 31 heavy (non-hydrogen) atoms. The standard InChI is InChI=1S/C23H23N3O5/c1-29-20-10-6-4-8-16(20)25-18-12-14(22(24)27)15(23(28)31-3)13-19(18)26-17-9-5-7-11-21(17)30-2/h4-13,25-26H,1-3H3,(H2,24,27). The molecule has 0 bridgehead atoms. The molecule has 4 N–H and O–H groups in total. The number of carbonyl (C=O) groups is 2. The average molecular weight is 421 g/mol. The Kier molecular flexibility index (Phi) is 6.61. The number of hydrogen-bond acceptors (Lipinski definition) is 7. The number of methoxy groups -OCH3 is 3. The topological polar surface area (TPSA) is 112 Å². The van der Waals surface area contributed by atoms with Crippen LogP contribution in [0.1, 0.15) is 20.7 Å². The molecule has 1 amide bonds. The van der Waals surface area contributed by atoms with Gasteiger partial charge in [0.25, 0.3) is 0 Å². The molecule has 0 saturated heterocycles. The third-order valence-electron chi connectivity index (χ3n) is 4.58. The molecule has 3 aromatic carbocycles. The second-order valence-electron chi connectivity index (χ2n) is 6.45. The van der Waals surface area contributed by atoms with Crippen LogP contribution in [0.5, 0.6) is 11.5 Å². The zero-order valence-corrected chi connectivity index (χ0v) is 17.4. The van der Waals surface area contributed by atoms with Crippen LogP contribution in [-0.2, 0) is 4.74 Å². The summed E-state index contributed by atoms with van der Waals surface area (Å²) >= 11 is 0. The van der Waals surface area contributed by atoms with Crippen LogP contribution < -0.4 is 25.8 Å². The average Bonchev–Trinajstić information content (AvgIpc) is 2.79. The summed E-state index contributed by atoms with van der Waals surface area (Å²) in [5.41, 5.74) is 7.92. The highest BCUT2D eigenvalue weighted by atomic mass is 16.5. The van der Waals surface area contributed by atoms with Gasteiger partial charge >= 0.3 is 5.97 Å². The molecule has 0 aliphatic heterocycles. The first kappa shape index (κ1) is 21.5. The number of esters is 1. The summed E-state index contributed by atoms with van der Waals surface area (Å²) in [7, 11) is 4.36. The van der Waals surface area contributed by atoms with Gasteiger partial charge in [0.15, 0.2) is 0 Å². The molecular weight excluding hydrogens is 398 g/mol. The van der Waals surface area contributed by atoms with Crippen LogP contribution in [0, 0.1) is 0 Å². The van der Waals surface area contributed by atoms with Crippen molar-refractivity contribution in [1.82, 2.24) is 0 Å². The van der Waals surface area contributed by atoms with Gasteiger partial charge < -0.3 is 30.6 Å². The zero-order valence-electron chi connectivity index (χ0n) is 17.4. The molecule has 0 spiro atoms. The van der Waals surface area contributed by atoms with E-state index in [1.165, 1.54) is 19.2 Å². The van der Waals surface area contributed by atoms with Gasteiger partial charge in [-0.1, -0.05) is 24.3 Å². The maximum Gasteiger partial charge on any atom is 0.338 e. The van der Waals surface area contributed by atoms with E-state index < -0.39 is 11.9 Å². The van der Waals surface area contributed by atoms with E-state index in [1.54, 1.807) is 26.4 Å². The van der Waals surface area contributed by atoms with Gasteiger partial charge in [-0.3, -0.25) is 4.79 Å². The van der Waals surface area contributed by atoms with Crippen LogP contribution in [0.4, 0.5) is 22.7 Å². The maximum absolute atomic E-state index is 12.3. The van der Waals surface area contributed by atoms with Crippen molar-refractivity contribution in [1.29, 1.82) is 0 Å². The van der Waals surface area contributed by atoms with E-state index in [2.05, 4.69) is 10.6 Å². The Morgan fingerprint density at radius 3 is 1.58 bits per heavy atom. The predicted molar refractivity (Wildman–Crippen MR) is 119 cm³/mol. The molecule has 0 radical (unpaired) electrons. The lowest BCUT2D eigenvalue weighted by atomic mass is 10.0. The molecule has 160 valence electrons. The highest BCUT2D eigenvalue weighted by molar-refractivity contribution is 6.07. The first-order valence-corrected chi connectivity index (χ1v) is 9.34. The van der Waals surface area contributed by atoms with Crippen LogP contribution in [0.15, 0.2) is 60.7 Å². The molecule has 0 saturated carbocycles. The van der Waals surface area contributed by atoms with Crippen LogP contribution in [-0.4, -0.2) is 33.2 Å². The van der Waals surface area contributed by atoms with Crippen molar-refractivity contribution in [2.75, 3.05) is 32.0 Å². The summed E-state index contributed by atoms with van der Waals surface area (Å²) < 4.78 is 15.6. The number of nitrogens with two attached hydrogens (primary N) is 1. The highest BCUT2D eigenvalue weighted by Crippen LogP contribution is 2.36. The van der Waals surface area contributed by atoms with E-state index >= 15 is 0 Å². The van der Waals surface area contributed by atoms with E-state index in [4.69, 9.17) is 19.9 Å². The van der Waals surface area contributed by atoms with E-state index in [-0.39, 0.29) is 11.1 Å². The number of para-hydroxylation sites is 4. The van der Waals surface area contributed by atoms with Gasteiger partial charge in [-0.05, 0) is 36.4 Å². The Morgan fingerprint density at radius 2 is 1.16 bits per heavy atom. The van der Waals surface area contributed by atoms with Crippen molar-refractivity contribution < 1.29 is 23.8 Å². The van der Waals surface area contributed by atoms with Crippen LogP contribution in [0.3, 0.4) is 0 Å². The monoisotopic (exact) mass is 421 g/mol. The van der Waals surface area contributed by atoms with Gasteiger partial charge in [-0.2, -0.15) is 0 Å². The molecule has 0 unspecified atom stereocenters. The number of ether oxygens (including phenoxy) is 3. The van der Waals surface area contributed by atoms with Gasteiger partial charge in [0, 0.05) is 0 Å². The smallest absolute Gasteiger partial charge is 0.338 e. The van der Waals surface area contributed by atoms with Crippen molar-refractivity contribution in [3.8, 4) is 11.5 Å². The molecule has 3 rings (SSSR count). The summed E-state index contributed by atoms with van der Waals surface area (Å²) in [6.45, 7) is 0. The van der Waals surface area contributed by atoms with E-state index in [0.29, 0.717) is 34.2 Å². The minimum atomic E-state index is -0.757. The minimum Gasteiger partial charge on any atom is -0.495 e. The van der Waals surface area contributed by atoms with Gasteiger partial charge in [0.2, 0.25) is 5.91 Å². The molecule has 8 nitrogen and oxygen atoms in total.